The second-order valence-corrected chi connectivity index (χ2v) is 8.56. The van der Waals surface area contributed by atoms with Crippen LogP contribution in [0.5, 0.6) is 11.5 Å². The monoisotopic (exact) mass is 455 g/mol. The van der Waals surface area contributed by atoms with Gasteiger partial charge in [0.1, 0.15) is 23.7 Å². The van der Waals surface area contributed by atoms with Crippen LogP contribution in [0.4, 0.5) is 5.69 Å². The largest absolute Gasteiger partial charge is 0.507 e. The first-order valence-electron chi connectivity index (χ1n) is 11.3. The molecule has 1 atom stereocenters. The number of phenols is 1. The summed E-state index contributed by atoms with van der Waals surface area (Å²) in [5.74, 6) is -0.399. The maximum absolute atomic E-state index is 13.6. The summed E-state index contributed by atoms with van der Waals surface area (Å²) in [5, 5.41) is 23.6. The van der Waals surface area contributed by atoms with Crippen molar-refractivity contribution in [2.75, 3.05) is 18.5 Å². The number of benzene rings is 3. The van der Waals surface area contributed by atoms with E-state index >= 15 is 0 Å². The first kappa shape index (κ1) is 21.8. The zero-order valence-corrected chi connectivity index (χ0v) is 18.7. The number of hydrogen-bond donors (Lipinski definition) is 2. The van der Waals surface area contributed by atoms with Crippen LogP contribution >= 0.6 is 0 Å². The Kier molecular flexibility index (Phi) is 6.07. The van der Waals surface area contributed by atoms with Crippen LogP contribution in [0.25, 0.3) is 0 Å². The van der Waals surface area contributed by atoms with E-state index in [0.29, 0.717) is 19.7 Å². The summed E-state index contributed by atoms with van der Waals surface area (Å²) < 4.78 is 11.4. The van der Waals surface area contributed by atoms with Crippen molar-refractivity contribution in [2.45, 2.75) is 32.2 Å². The molecule has 0 saturated carbocycles. The number of amides is 1. The Labute approximate surface area is 198 Å². The molecule has 3 aromatic rings. The van der Waals surface area contributed by atoms with Crippen LogP contribution in [0, 0.1) is 11.3 Å². The number of phenolic OH excluding ortho intramolecular Hbond substituents is 1. The van der Waals surface area contributed by atoms with Gasteiger partial charge in [-0.3, -0.25) is 4.79 Å². The number of fused-ring (bicyclic) bond motifs is 1. The van der Waals surface area contributed by atoms with Crippen molar-refractivity contribution in [1.29, 1.82) is 5.26 Å². The topological polar surface area (TPSA) is 94.8 Å². The lowest BCUT2D eigenvalue weighted by Gasteiger charge is -2.20. The molecule has 3 aromatic carbocycles. The van der Waals surface area contributed by atoms with Gasteiger partial charge in [0.2, 0.25) is 0 Å². The van der Waals surface area contributed by atoms with E-state index in [1.807, 2.05) is 54.6 Å². The third-order valence-electron chi connectivity index (χ3n) is 6.22. The lowest BCUT2D eigenvalue weighted by molar-refractivity contribution is 0.0743. The van der Waals surface area contributed by atoms with Crippen LogP contribution in [0.2, 0.25) is 0 Å². The summed E-state index contributed by atoms with van der Waals surface area (Å²) in [5.41, 5.74) is 4.36. The van der Waals surface area contributed by atoms with Crippen LogP contribution in [-0.2, 0) is 24.4 Å². The smallest absolute Gasteiger partial charge is 0.262 e. The van der Waals surface area contributed by atoms with Gasteiger partial charge in [0.15, 0.2) is 0 Å². The van der Waals surface area contributed by atoms with Gasteiger partial charge in [-0.05, 0) is 41.3 Å². The van der Waals surface area contributed by atoms with Crippen LogP contribution in [0.1, 0.15) is 39.0 Å². The fourth-order valence-electron chi connectivity index (χ4n) is 4.46. The zero-order chi connectivity index (χ0) is 23.5. The second-order valence-electron chi connectivity index (χ2n) is 8.56. The van der Waals surface area contributed by atoms with E-state index in [0.717, 1.165) is 35.4 Å². The van der Waals surface area contributed by atoms with Crippen molar-refractivity contribution >= 4 is 11.6 Å². The van der Waals surface area contributed by atoms with E-state index in [4.69, 9.17) is 9.47 Å². The molecule has 2 aliphatic heterocycles. The van der Waals surface area contributed by atoms with Gasteiger partial charge in [-0.25, -0.2) is 0 Å². The first-order valence-corrected chi connectivity index (χ1v) is 11.3. The Bertz CT molecular complexity index is 1250. The maximum Gasteiger partial charge on any atom is 0.262 e. The molecule has 0 radical (unpaired) electrons. The minimum absolute atomic E-state index is 0.0708. The number of anilines is 1. The lowest BCUT2D eigenvalue weighted by Crippen LogP contribution is -2.26. The fraction of sp³-hybridized carbons (Fsp3) is 0.259. The van der Waals surface area contributed by atoms with Gasteiger partial charge < -0.3 is 24.8 Å². The highest BCUT2D eigenvalue weighted by atomic mass is 16.5. The average Bonchev–Trinajstić information content (AvgIpc) is 3.53. The molecule has 5 rings (SSSR count). The maximum atomic E-state index is 13.6. The molecular weight excluding hydrogens is 430 g/mol. The molecule has 0 unspecified atom stereocenters. The summed E-state index contributed by atoms with van der Waals surface area (Å²) in [6.07, 6.45) is 0.952. The minimum atomic E-state index is -0.337. The van der Waals surface area contributed by atoms with Crippen molar-refractivity contribution in [1.82, 2.24) is 4.90 Å². The molecule has 1 saturated heterocycles. The summed E-state index contributed by atoms with van der Waals surface area (Å²) in [6, 6.07) is 20.7. The van der Waals surface area contributed by atoms with Gasteiger partial charge in [0.25, 0.3) is 5.91 Å². The number of carbonyl (C=O) groups is 1. The molecule has 34 heavy (non-hydrogen) atoms. The van der Waals surface area contributed by atoms with Gasteiger partial charge in [0, 0.05) is 25.4 Å². The Balaban J connectivity index is 1.40. The molecule has 1 fully saturated rings. The van der Waals surface area contributed by atoms with Gasteiger partial charge in [0.05, 0.1) is 24.3 Å². The first-order chi connectivity index (χ1) is 16.6. The van der Waals surface area contributed by atoms with Crippen LogP contribution in [0.3, 0.4) is 0 Å². The Hall–Kier alpha value is -4.02. The number of nitriles is 1. The summed E-state index contributed by atoms with van der Waals surface area (Å²) in [4.78, 5) is 15.3. The van der Waals surface area contributed by atoms with Crippen molar-refractivity contribution in [3.05, 3.63) is 88.5 Å². The average molecular weight is 456 g/mol. The molecule has 7 heteroatoms. The quantitative estimate of drug-likeness (QED) is 0.579. The molecule has 0 aliphatic carbocycles. The Morgan fingerprint density at radius 1 is 1.18 bits per heavy atom. The fourth-order valence-corrected chi connectivity index (χ4v) is 4.46. The number of nitrogens with one attached hydrogen (secondary N) is 1. The number of ether oxygens (including phenoxy) is 2. The van der Waals surface area contributed by atoms with Gasteiger partial charge in [-0.15, -0.1) is 0 Å². The van der Waals surface area contributed by atoms with Crippen LogP contribution in [-0.4, -0.2) is 35.2 Å². The third kappa shape index (κ3) is 4.41. The summed E-state index contributed by atoms with van der Waals surface area (Å²) >= 11 is 0. The highest BCUT2D eigenvalue weighted by molar-refractivity contribution is 6.00. The zero-order valence-electron chi connectivity index (χ0n) is 18.7. The molecule has 1 amide bonds. The molecule has 0 spiro atoms. The Morgan fingerprint density at radius 3 is 2.79 bits per heavy atom. The molecule has 172 valence electrons. The van der Waals surface area contributed by atoms with Gasteiger partial charge >= 0.3 is 0 Å². The predicted octanol–water partition coefficient (Wildman–Crippen LogP) is 4.20. The van der Waals surface area contributed by atoms with Crippen LogP contribution in [0.15, 0.2) is 60.7 Å². The summed E-state index contributed by atoms with van der Waals surface area (Å²) in [6.45, 7) is 2.49. The lowest BCUT2D eigenvalue weighted by atomic mass is 10.1. The highest BCUT2D eigenvalue weighted by Crippen LogP contribution is 2.36. The van der Waals surface area contributed by atoms with Crippen molar-refractivity contribution in [2.24, 2.45) is 0 Å². The minimum Gasteiger partial charge on any atom is -0.507 e. The normalized spacial score (nSPS) is 16.7. The van der Waals surface area contributed by atoms with Crippen LogP contribution < -0.4 is 10.1 Å². The molecule has 2 heterocycles. The molecule has 2 N–H and O–H groups in total. The number of nitrogens with zero attached hydrogens (tertiary/aromatic N) is 2. The molecule has 0 aromatic heterocycles. The molecular formula is C27H25N3O4. The van der Waals surface area contributed by atoms with E-state index < -0.39 is 0 Å². The van der Waals surface area contributed by atoms with E-state index in [9.17, 15) is 15.2 Å². The van der Waals surface area contributed by atoms with Crippen molar-refractivity contribution in [3.8, 4) is 17.6 Å². The summed E-state index contributed by atoms with van der Waals surface area (Å²) in [7, 11) is 0. The Morgan fingerprint density at radius 2 is 2.03 bits per heavy atom. The second kappa shape index (κ2) is 9.46. The predicted molar refractivity (Wildman–Crippen MR) is 126 cm³/mol. The number of hydrogen-bond acceptors (Lipinski definition) is 6. The van der Waals surface area contributed by atoms with E-state index in [1.54, 1.807) is 4.90 Å². The van der Waals surface area contributed by atoms with E-state index in [1.165, 1.54) is 12.1 Å². The molecule has 0 bridgehead atoms. The van der Waals surface area contributed by atoms with Gasteiger partial charge in [-0.2, -0.15) is 5.26 Å². The molecule has 2 aliphatic rings. The number of carbonyl (C=O) groups excluding carboxylic acids is 1. The third-order valence-corrected chi connectivity index (χ3v) is 6.22. The number of aromatic hydroxyl groups is 1. The molecule has 7 nitrogen and oxygen atoms in total. The SMILES string of the molecule is N#Cc1cc(O)c(C(=O)N2Cc3cccc(N[C@H]4CCOC4)c3C2)c(OCc2ccccc2)c1. The van der Waals surface area contributed by atoms with E-state index in [2.05, 4.69) is 5.32 Å². The van der Waals surface area contributed by atoms with Crippen molar-refractivity contribution < 1.29 is 19.4 Å². The highest BCUT2D eigenvalue weighted by Gasteiger charge is 2.31. The number of rotatable bonds is 6. The standard InChI is InChI=1S/C27H25N3O4/c28-13-19-11-24(31)26(25(12-19)34-16-18-5-2-1-3-6-18)27(32)30-14-20-7-4-8-23(22(20)15-30)29-21-9-10-33-17-21/h1-8,11-12,21,29,31H,9-10,14-17H2/t21-/m0/s1. The van der Waals surface area contributed by atoms with E-state index in [-0.39, 0.29) is 41.2 Å². The van der Waals surface area contributed by atoms with Gasteiger partial charge in [-0.1, -0.05) is 42.5 Å². The van der Waals surface area contributed by atoms with Crippen molar-refractivity contribution in [3.63, 3.8) is 0 Å².